The number of hydrogen-bond acceptors (Lipinski definition) is 7. The number of aryl methyl sites for hydroxylation is 1. The van der Waals surface area contributed by atoms with Crippen LogP contribution in [0, 0.1) is 0 Å². The van der Waals surface area contributed by atoms with Gasteiger partial charge in [-0.15, -0.1) is 10.2 Å². The Balaban J connectivity index is 1.42. The molecule has 2 saturated carbocycles. The van der Waals surface area contributed by atoms with Crippen molar-refractivity contribution in [3.8, 4) is 0 Å². The molecule has 1 aliphatic heterocycles. The molecule has 9 nitrogen and oxygen atoms in total. The predicted octanol–water partition coefficient (Wildman–Crippen LogP) is 0.301. The molecule has 2 N–H and O–H groups in total. The molecule has 1 saturated heterocycles. The summed E-state index contributed by atoms with van der Waals surface area (Å²) in [5, 5.41) is 9.11. The van der Waals surface area contributed by atoms with E-state index in [9.17, 15) is 18.0 Å². The van der Waals surface area contributed by atoms with E-state index in [1.165, 1.54) is 11.8 Å². The number of carbonyl (C=O) groups excluding carboxylic acids is 2. The van der Waals surface area contributed by atoms with Crippen LogP contribution in [-0.4, -0.2) is 69.2 Å². The van der Waals surface area contributed by atoms with Gasteiger partial charge in [0.25, 0.3) is 0 Å². The monoisotopic (exact) mass is 427 g/mol. The zero-order chi connectivity index (χ0) is 19.9. The highest BCUT2D eigenvalue weighted by atomic mass is 32.2. The van der Waals surface area contributed by atoms with Gasteiger partial charge < -0.3 is 15.2 Å². The highest BCUT2D eigenvalue weighted by molar-refractivity contribution is 7.99. The minimum Gasteiger partial charge on any atom is -0.370 e. The molecule has 1 atom stereocenters. The Morgan fingerprint density at radius 3 is 2.46 bits per heavy atom. The zero-order valence-corrected chi connectivity index (χ0v) is 17.3. The summed E-state index contributed by atoms with van der Waals surface area (Å²) in [7, 11) is -3.03. The van der Waals surface area contributed by atoms with E-state index in [1.807, 2.05) is 9.47 Å². The van der Waals surface area contributed by atoms with Gasteiger partial charge in [-0.25, -0.2) is 8.42 Å². The highest BCUT2D eigenvalue weighted by Gasteiger charge is 2.42. The fraction of sp³-hybridized carbons (Fsp3) is 0.765. The summed E-state index contributed by atoms with van der Waals surface area (Å²) >= 11 is 1.34. The largest absolute Gasteiger partial charge is 0.370 e. The third-order valence-electron chi connectivity index (χ3n) is 5.40. The molecule has 2 aliphatic carbocycles. The minimum absolute atomic E-state index is 0.0290. The normalized spacial score (nSPS) is 23.6. The number of nitrogens with zero attached hydrogens (tertiary/aromatic N) is 4. The molecule has 0 spiro atoms. The van der Waals surface area contributed by atoms with Gasteiger partial charge >= 0.3 is 0 Å². The van der Waals surface area contributed by atoms with Gasteiger partial charge in [-0.05, 0) is 32.1 Å². The van der Waals surface area contributed by atoms with Crippen molar-refractivity contribution in [1.29, 1.82) is 0 Å². The van der Waals surface area contributed by atoms with Crippen LogP contribution in [0.4, 0.5) is 0 Å². The number of aromatic nitrogens is 3. The number of primary amides is 1. The summed E-state index contributed by atoms with van der Waals surface area (Å²) in [5.74, 6) is 0.793. The number of rotatable bonds is 9. The van der Waals surface area contributed by atoms with Crippen molar-refractivity contribution in [2.45, 2.75) is 68.2 Å². The average Bonchev–Trinajstić information content (AvgIpc) is 3.55. The lowest BCUT2D eigenvalue weighted by Gasteiger charge is -2.28. The van der Waals surface area contributed by atoms with Crippen LogP contribution in [0.1, 0.15) is 50.4 Å². The van der Waals surface area contributed by atoms with Gasteiger partial charge in [0.2, 0.25) is 11.8 Å². The van der Waals surface area contributed by atoms with Crippen LogP contribution in [0.25, 0.3) is 0 Å². The van der Waals surface area contributed by atoms with E-state index in [0.29, 0.717) is 24.0 Å². The van der Waals surface area contributed by atoms with Gasteiger partial charge in [-0.1, -0.05) is 11.8 Å². The maximum absolute atomic E-state index is 12.9. The van der Waals surface area contributed by atoms with Crippen LogP contribution in [0.3, 0.4) is 0 Å². The van der Waals surface area contributed by atoms with Gasteiger partial charge in [0.05, 0.1) is 17.3 Å². The Hall–Kier alpha value is -1.62. The van der Waals surface area contributed by atoms with E-state index in [-0.39, 0.29) is 47.6 Å². The van der Waals surface area contributed by atoms with Gasteiger partial charge in [-0.2, -0.15) is 0 Å². The Kier molecular flexibility index (Phi) is 5.38. The van der Waals surface area contributed by atoms with Gasteiger partial charge in [0.15, 0.2) is 15.0 Å². The molecule has 0 unspecified atom stereocenters. The summed E-state index contributed by atoms with van der Waals surface area (Å²) in [6.45, 7) is 0. The molecule has 28 heavy (non-hydrogen) atoms. The molecule has 1 aromatic heterocycles. The minimum atomic E-state index is -3.03. The molecule has 1 aromatic rings. The average molecular weight is 428 g/mol. The van der Waals surface area contributed by atoms with Gasteiger partial charge in [-0.3, -0.25) is 9.59 Å². The van der Waals surface area contributed by atoms with E-state index in [1.54, 1.807) is 0 Å². The summed E-state index contributed by atoms with van der Waals surface area (Å²) in [5.41, 5.74) is 5.24. The first-order chi connectivity index (χ1) is 13.3. The van der Waals surface area contributed by atoms with Crippen LogP contribution < -0.4 is 5.73 Å². The first-order valence-electron chi connectivity index (χ1n) is 9.70. The second-order valence-electron chi connectivity index (χ2n) is 7.84. The third-order valence-corrected chi connectivity index (χ3v) is 8.08. The number of amides is 2. The third kappa shape index (κ3) is 4.51. The van der Waals surface area contributed by atoms with E-state index < -0.39 is 9.84 Å². The number of nitrogens with two attached hydrogens (primary N) is 1. The lowest BCUT2D eigenvalue weighted by atomic mass is 10.2. The van der Waals surface area contributed by atoms with Gasteiger partial charge in [0, 0.05) is 31.0 Å². The molecule has 3 aliphatic rings. The standard InChI is InChI=1S/C17H25N5O4S2/c18-14(23)5-6-15-19-20-17(22(15)12-3-4-12)27-9-16(24)21(11-1-2-11)13-7-8-28(25,26)10-13/h11-13H,1-10H2,(H2,18,23)/t13-/m1/s1. The smallest absolute Gasteiger partial charge is 0.233 e. The summed E-state index contributed by atoms with van der Waals surface area (Å²) < 4.78 is 25.7. The molecule has 0 bridgehead atoms. The maximum atomic E-state index is 12.9. The van der Waals surface area contributed by atoms with Crippen LogP contribution in [-0.2, 0) is 25.8 Å². The number of sulfone groups is 1. The lowest BCUT2D eigenvalue weighted by molar-refractivity contribution is -0.130. The van der Waals surface area contributed by atoms with Crippen molar-refractivity contribution in [3.63, 3.8) is 0 Å². The van der Waals surface area contributed by atoms with E-state index in [0.717, 1.165) is 31.5 Å². The van der Waals surface area contributed by atoms with Gasteiger partial charge in [0.1, 0.15) is 5.82 Å². The fourth-order valence-electron chi connectivity index (χ4n) is 3.76. The Bertz CT molecular complexity index is 876. The number of hydrogen-bond donors (Lipinski definition) is 1. The maximum Gasteiger partial charge on any atom is 0.233 e. The van der Waals surface area contributed by atoms with Crippen LogP contribution in [0.15, 0.2) is 5.16 Å². The highest BCUT2D eigenvalue weighted by Crippen LogP contribution is 2.39. The van der Waals surface area contributed by atoms with Crippen LogP contribution in [0.2, 0.25) is 0 Å². The molecule has 0 aromatic carbocycles. The first-order valence-corrected chi connectivity index (χ1v) is 12.5. The molecule has 4 rings (SSSR count). The molecular weight excluding hydrogens is 402 g/mol. The second kappa shape index (κ2) is 7.66. The molecular formula is C17H25N5O4S2. The lowest BCUT2D eigenvalue weighted by Crippen LogP contribution is -2.43. The van der Waals surface area contributed by atoms with Crippen molar-refractivity contribution in [3.05, 3.63) is 5.82 Å². The quantitative estimate of drug-likeness (QED) is 0.561. The van der Waals surface area contributed by atoms with E-state index in [4.69, 9.17) is 5.73 Å². The summed E-state index contributed by atoms with van der Waals surface area (Å²) in [4.78, 5) is 25.8. The van der Waals surface area contributed by atoms with E-state index in [2.05, 4.69) is 10.2 Å². The van der Waals surface area contributed by atoms with Crippen molar-refractivity contribution in [2.24, 2.45) is 5.73 Å². The van der Waals surface area contributed by atoms with Crippen LogP contribution in [0.5, 0.6) is 0 Å². The topological polar surface area (TPSA) is 128 Å². The first kappa shape index (κ1) is 19.7. The number of carbonyl (C=O) groups is 2. The van der Waals surface area contributed by atoms with E-state index >= 15 is 0 Å². The predicted molar refractivity (Wildman–Crippen MR) is 103 cm³/mol. The molecule has 0 radical (unpaired) electrons. The summed E-state index contributed by atoms with van der Waals surface area (Å²) in [6.07, 6.45) is 5.17. The summed E-state index contributed by atoms with van der Waals surface area (Å²) in [6, 6.07) is 0.312. The molecule has 3 fully saturated rings. The molecule has 2 amide bonds. The van der Waals surface area contributed by atoms with Crippen molar-refractivity contribution >= 4 is 33.4 Å². The fourth-order valence-corrected chi connectivity index (χ4v) is 6.37. The SMILES string of the molecule is NC(=O)CCc1nnc(SCC(=O)N(C2CC2)[C@@H]2CCS(=O)(=O)C2)n1C1CC1. The Labute approximate surface area is 168 Å². The Morgan fingerprint density at radius 1 is 1.14 bits per heavy atom. The van der Waals surface area contributed by atoms with Crippen molar-refractivity contribution in [1.82, 2.24) is 19.7 Å². The van der Waals surface area contributed by atoms with Crippen molar-refractivity contribution in [2.75, 3.05) is 17.3 Å². The second-order valence-corrected chi connectivity index (χ2v) is 11.0. The number of thioether (sulfide) groups is 1. The van der Waals surface area contributed by atoms with Crippen LogP contribution >= 0.6 is 11.8 Å². The zero-order valence-electron chi connectivity index (χ0n) is 15.6. The molecule has 2 heterocycles. The molecule has 154 valence electrons. The molecule has 11 heteroatoms. The van der Waals surface area contributed by atoms with Crippen molar-refractivity contribution < 1.29 is 18.0 Å². The Morgan fingerprint density at radius 2 is 1.89 bits per heavy atom.